The third kappa shape index (κ3) is 6.25. The van der Waals surface area contributed by atoms with Gasteiger partial charge in [-0.3, -0.25) is 9.59 Å². The third-order valence-corrected chi connectivity index (χ3v) is 6.23. The zero-order valence-electron chi connectivity index (χ0n) is 17.1. The molecule has 2 amide bonds. The fourth-order valence-electron chi connectivity index (χ4n) is 4.44. The van der Waals surface area contributed by atoms with Crippen LogP contribution in [0.5, 0.6) is 5.75 Å². The molecular weight excluding hydrogens is 352 g/mol. The topological polar surface area (TPSA) is 58.6 Å². The number of hydrogen-bond acceptors (Lipinski definition) is 3. The van der Waals surface area contributed by atoms with E-state index in [1.807, 2.05) is 29.2 Å². The Morgan fingerprint density at radius 3 is 2.36 bits per heavy atom. The maximum Gasteiger partial charge on any atom is 0.224 e. The summed E-state index contributed by atoms with van der Waals surface area (Å²) in [4.78, 5) is 26.8. The molecule has 0 bridgehead atoms. The summed E-state index contributed by atoms with van der Waals surface area (Å²) in [5.41, 5.74) is 0.980. The Morgan fingerprint density at radius 1 is 1.04 bits per heavy atom. The third-order valence-electron chi connectivity index (χ3n) is 6.23. The molecule has 1 saturated heterocycles. The quantitative estimate of drug-likeness (QED) is 0.777. The fourth-order valence-corrected chi connectivity index (χ4v) is 4.44. The van der Waals surface area contributed by atoms with Crippen LogP contribution < -0.4 is 10.1 Å². The molecule has 5 nitrogen and oxygen atoms in total. The molecule has 0 spiro atoms. The number of methoxy groups -OCH3 is 1. The second-order valence-electron chi connectivity index (χ2n) is 8.29. The molecule has 1 N–H and O–H groups in total. The van der Waals surface area contributed by atoms with E-state index in [-0.39, 0.29) is 11.9 Å². The van der Waals surface area contributed by atoms with Gasteiger partial charge in [-0.25, -0.2) is 0 Å². The lowest BCUT2D eigenvalue weighted by atomic mass is 9.86. The van der Waals surface area contributed by atoms with Crippen molar-refractivity contribution < 1.29 is 14.3 Å². The summed E-state index contributed by atoms with van der Waals surface area (Å²) >= 11 is 0. The van der Waals surface area contributed by atoms with Gasteiger partial charge in [-0.1, -0.05) is 44.2 Å². The second-order valence-corrected chi connectivity index (χ2v) is 8.29. The highest BCUT2D eigenvalue weighted by molar-refractivity contribution is 5.79. The minimum Gasteiger partial charge on any atom is -0.497 e. The highest BCUT2D eigenvalue weighted by Gasteiger charge is 2.24. The van der Waals surface area contributed by atoms with Crippen LogP contribution in [0.4, 0.5) is 0 Å². The molecule has 0 unspecified atom stereocenters. The van der Waals surface area contributed by atoms with Gasteiger partial charge in [0.2, 0.25) is 11.8 Å². The molecule has 0 aromatic heterocycles. The molecule has 1 aromatic rings. The van der Waals surface area contributed by atoms with Crippen molar-refractivity contribution in [3.05, 3.63) is 29.8 Å². The number of piperidine rings is 1. The van der Waals surface area contributed by atoms with E-state index in [2.05, 4.69) is 5.32 Å². The summed E-state index contributed by atoms with van der Waals surface area (Å²) < 4.78 is 5.14. The van der Waals surface area contributed by atoms with Gasteiger partial charge in [0.1, 0.15) is 5.75 Å². The Kier molecular flexibility index (Phi) is 7.75. The lowest BCUT2D eigenvalue weighted by Crippen LogP contribution is -2.46. The summed E-state index contributed by atoms with van der Waals surface area (Å²) in [7, 11) is 1.63. The van der Waals surface area contributed by atoms with E-state index in [0.29, 0.717) is 18.7 Å². The van der Waals surface area contributed by atoms with Gasteiger partial charge in [0.15, 0.2) is 0 Å². The molecule has 3 rings (SSSR count). The predicted octanol–water partition coefficient (Wildman–Crippen LogP) is 3.71. The number of carbonyl (C=O) groups is 2. The summed E-state index contributed by atoms with van der Waals surface area (Å²) in [6, 6.07) is 7.77. The van der Waals surface area contributed by atoms with E-state index < -0.39 is 0 Å². The van der Waals surface area contributed by atoms with Crippen LogP contribution in [-0.2, 0) is 16.0 Å². The SMILES string of the molecule is COc1ccc(CC(=O)NC2CCN(C(=O)CCC3CCCCC3)CC2)cc1. The van der Waals surface area contributed by atoms with Crippen LogP contribution in [0.2, 0.25) is 0 Å². The van der Waals surface area contributed by atoms with Crippen LogP contribution in [0.1, 0.15) is 63.4 Å². The average molecular weight is 387 g/mol. The van der Waals surface area contributed by atoms with Gasteiger partial charge in [-0.05, 0) is 42.9 Å². The van der Waals surface area contributed by atoms with Gasteiger partial charge in [0.05, 0.1) is 13.5 Å². The monoisotopic (exact) mass is 386 g/mol. The van der Waals surface area contributed by atoms with E-state index >= 15 is 0 Å². The first-order chi connectivity index (χ1) is 13.6. The number of nitrogens with zero attached hydrogens (tertiary/aromatic N) is 1. The maximum absolute atomic E-state index is 12.5. The fraction of sp³-hybridized carbons (Fsp3) is 0.652. The standard InChI is InChI=1S/C23H34N2O3/c1-28-21-10-7-19(8-11-21)17-22(26)24-20-13-15-25(16-14-20)23(27)12-9-18-5-3-2-4-6-18/h7-8,10-11,18,20H,2-6,9,12-17H2,1H3,(H,24,26). The summed E-state index contributed by atoms with van der Waals surface area (Å²) in [5.74, 6) is 1.90. The largest absolute Gasteiger partial charge is 0.497 e. The Bertz CT molecular complexity index is 630. The van der Waals surface area contributed by atoms with Crippen molar-refractivity contribution in [2.24, 2.45) is 5.92 Å². The number of benzene rings is 1. The molecule has 1 aliphatic carbocycles. The number of amides is 2. The van der Waals surface area contributed by atoms with Crippen molar-refractivity contribution in [3.63, 3.8) is 0 Å². The van der Waals surface area contributed by atoms with Gasteiger partial charge in [-0.15, -0.1) is 0 Å². The van der Waals surface area contributed by atoms with E-state index in [1.165, 1.54) is 32.1 Å². The lowest BCUT2D eigenvalue weighted by Gasteiger charge is -2.33. The highest BCUT2D eigenvalue weighted by atomic mass is 16.5. The Balaban J connectivity index is 1.34. The van der Waals surface area contributed by atoms with Gasteiger partial charge in [0.25, 0.3) is 0 Å². The first kappa shape index (κ1) is 20.7. The molecule has 0 atom stereocenters. The van der Waals surface area contributed by atoms with E-state index in [0.717, 1.165) is 49.6 Å². The molecule has 0 radical (unpaired) electrons. The van der Waals surface area contributed by atoms with Crippen LogP contribution in [0, 0.1) is 5.92 Å². The lowest BCUT2D eigenvalue weighted by molar-refractivity contribution is -0.132. The normalized spacial score (nSPS) is 18.7. The Hall–Kier alpha value is -2.04. The number of ether oxygens (including phenoxy) is 1. The van der Waals surface area contributed by atoms with Gasteiger partial charge in [0, 0.05) is 25.6 Å². The summed E-state index contributed by atoms with van der Waals surface area (Å²) in [6.45, 7) is 1.52. The Labute approximate surface area is 168 Å². The number of carbonyl (C=O) groups excluding carboxylic acids is 2. The minimum atomic E-state index is 0.0484. The molecule has 28 heavy (non-hydrogen) atoms. The number of likely N-dealkylation sites (tertiary alicyclic amines) is 1. The first-order valence-corrected chi connectivity index (χ1v) is 10.8. The molecule has 2 fully saturated rings. The van der Waals surface area contributed by atoms with Gasteiger partial charge in [-0.2, -0.15) is 0 Å². The second kappa shape index (κ2) is 10.5. The Morgan fingerprint density at radius 2 is 1.71 bits per heavy atom. The summed E-state index contributed by atoms with van der Waals surface area (Å²) in [5, 5.41) is 3.13. The maximum atomic E-state index is 12.5. The van der Waals surface area contributed by atoms with Crippen molar-refractivity contribution in [1.82, 2.24) is 10.2 Å². The minimum absolute atomic E-state index is 0.0484. The average Bonchev–Trinajstić information content (AvgIpc) is 2.74. The number of rotatable bonds is 7. The predicted molar refractivity (Wildman–Crippen MR) is 110 cm³/mol. The van der Waals surface area contributed by atoms with Crippen LogP contribution in [0.25, 0.3) is 0 Å². The van der Waals surface area contributed by atoms with Crippen molar-refractivity contribution in [3.8, 4) is 5.75 Å². The zero-order chi connectivity index (χ0) is 19.8. The van der Waals surface area contributed by atoms with Gasteiger partial charge >= 0.3 is 0 Å². The molecule has 5 heteroatoms. The van der Waals surface area contributed by atoms with E-state index in [4.69, 9.17) is 4.74 Å². The summed E-state index contributed by atoms with van der Waals surface area (Å²) in [6.07, 6.45) is 10.5. The molecule has 154 valence electrons. The number of hydrogen-bond donors (Lipinski definition) is 1. The van der Waals surface area contributed by atoms with Gasteiger partial charge < -0.3 is 15.0 Å². The molecule has 1 heterocycles. The van der Waals surface area contributed by atoms with Crippen LogP contribution >= 0.6 is 0 Å². The van der Waals surface area contributed by atoms with Crippen LogP contribution in [0.3, 0.4) is 0 Å². The van der Waals surface area contributed by atoms with Crippen molar-refractivity contribution in [2.45, 2.75) is 70.3 Å². The first-order valence-electron chi connectivity index (χ1n) is 10.8. The van der Waals surface area contributed by atoms with E-state index in [9.17, 15) is 9.59 Å². The van der Waals surface area contributed by atoms with Crippen molar-refractivity contribution in [2.75, 3.05) is 20.2 Å². The van der Waals surface area contributed by atoms with Crippen molar-refractivity contribution in [1.29, 1.82) is 0 Å². The van der Waals surface area contributed by atoms with Crippen LogP contribution in [0.15, 0.2) is 24.3 Å². The molecular formula is C23H34N2O3. The van der Waals surface area contributed by atoms with Crippen molar-refractivity contribution >= 4 is 11.8 Å². The van der Waals surface area contributed by atoms with E-state index in [1.54, 1.807) is 7.11 Å². The number of nitrogens with one attached hydrogen (secondary N) is 1. The highest BCUT2D eigenvalue weighted by Crippen LogP contribution is 2.27. The molecule has 1 aliphatic heterocycles. The smallest absolute Gasteiger partial charge is 0.224 e. The molecule has 1 saturated carbocycles. The molecule has 1 aromatic carbocycles. The zero-order valence-corrected chi connectivity index (χ0v) is 17.1. The van der Waals surface area contributed by atoms with Crippen LogP contribution in [-0.4, -0.2) is 43.0 Å². The molecule has 2 aliphatic rings.